The van der Waals surface area contributed by atoms with Crippen molar-refractivity contribution in [2.75, 3.05) is 38.2 Å². The highest BCUT2D eigenvalue weighted by atomic mass is 19.4. The van der Waals surface area contributed by atoms with Crippen LogP contribution < -0.4 is 4.90 Å². The molecule has 0 spiro atoms. The summed E-state index contributed by atoms with van der Waals surface area (Å²) in [7, 11) is 1.47. The highest BCUT2D eigenvalue weighted by Gasteiger charge is 2.32. The smallest absolute Gasteiger partial charge is 0.372 e. The van der Waals surface area contributed by atoms with E-state index in [0.29, 0.717) is 26.2 Å². The van der Waals surface area contributed by atoms with E-state index in [4.69, 9.17) is 4.74 Å². The molecule has 1 aliphatic rings. The zero-order chi connectivity index (χ0) is 16.3. The molecule has 0 aromatic carbocycles. The highest BCUT2D eigenvalue weighted by molar-refractivity contribution is 5.80. The molecule has 0 aliphatic carbocycles. The first-order chi connectivity index (χ1) is 10.3. The molecule has 1 amide bonds. The van der Waals surface area contributed by atoms with E-state index in [1.807, 2.05) is 0 Å². The van der Waals surface area contributed by atoms with E-state index >= 15 is 0 Å². The molecule has 0 N–H and O–H groups in total. The Kier molecular flexibility index (Phi) is 4.84. The maximum Gasteiger partial charge on any atom is 0.419 e. The van der Waals surface area contributed by atoms with Gasteiger partial charge in [-0.2, -0.15) is 13.2 Å². The Labute approximate surface area is 125 Å². The molecule has 6 nitrogen and oxygen atoms in total. The van der Waals surface area contributed by atoms with Crippen LogP contribution in [0.2, 0.25) is 0 Å². The van der Waals surface area contributed by atoms with Crippen molar-refractivity contribution in [2.24, 2.45) is 0 Å². The van der Waals surface area contributed by atoms with E-state index in [-0.39, 0.29) is 11.9 Å². The number of hydrogen-bond donors (Lipinski definition) is 0. The van der Waals surface area contributed by atoms with E-state index in [1.54, 1.807) is 16.7 Å². The number of amides is 1. The standard InChI is InChI=1S/C13H17F3N4O2/c1-9(22-2)11(21)19-3-5-20(6-4-19)12-17-7-10(8-18-12)13(14,15)16/h7-9H,3-6H2,1-2H3. The van der Waals surface area contributed by atoms with Gasteiger partial charge in [0.25, 0.3) is 5.91 Å². The predicted octanol–water partition coefficient (Wildman–Crippen LogP) is 1.18. The van der Waals surface area contributed by atoms with Crippen LogP contribution in [0.1, 0.15) is 12.5 Å². The number of hydrogen-bond acceptors (Lipinski definition) is 5. The largest absolute Gasteiger partial charge is 0.419 e. The fraction of sp³-hybridized carbons (Fsp3) is 0.615. The number of piperazine rings is 1. The number of anilines is 1. The second kappa shape index (κ2) is 6.47. The van der Waals surface area contributed by atoms with Crippen LogP contribution in [0.5, 0.6) is 0 Å². The number of alkyl halides is 3. The summed E-state index contributed by atoms with van der Waals surface area (Å²) in [6, 6.07) is 0. The van der Waals surface area contributed by atoms with Gasteiger partial charge in [0.1, 0.15) is 6.10 Å². The van der Waals surface area contributed by atoms with Gasteiger partial charge in [0.05, 0.1) is 5.56 Å². The Bertz CT molecular complexity index is 513. The van der Waals surface area contributed by atoms with E-state index in [1.165, 1.54) is 7.11 Å². The zero-order valence-corrected chi connectivity index (χ0v) is 12.3. The summed E-state index contributed by atoms with van der Waals surface area (Å²) >= 11 is 0. The van der Waals surface area contributed by atoms with Crippen LogP contribution in [-0.2, 0) is 15.7 Å². The van der Waals surface area contributed by atoms with Crippen molar-refractivity contribution < 1.29 is 22.7 Å². The van der Waals surface area contributed by atoms with Gasteiger partial charge in [-0.1, -0.05) is 0 Å². The average Bonchev–Trinajstić information content (AvgIpc) is 2.53. The SMILES string of the molecule is COC(C)C(=O)N1CCN(c2ncc(C(F)(F)F)cn2)CC1. The number of halogens is 3. The molecule has 122 valence electrons. The zero-order valence-electron chi connectivity index (χ0n) is 12.3. The minimum Gasteiger partial charge on any atom is -0.372 e. The summed E-state index contributed by atoms with van der Waals surface area (Å²) in [4.78, 5) is 22.9. The summed E-state index contributed by atoms with van der Waals surface area (Å²) in [6.45, 7) is 3.52. The lowest BCUT2D eigenvalue weighted by Crippen LogP contribution is -2.51. The number of ether oxygens (including phenoxy) is 1. The Balaban J connectivity index is 1.96. The van der Waals surface area contributed by atoms with Crippen molar-refractivity contribution in [3.63, 3.8) is 0 Å². The lowest BCUT2D eigenvalue weighted by atomic mass is 10.2. The van der Waals surface area contributed by atoms with Crippen molar-refractivity contribution in [2.45, 2.75) is 19.2 Å². The second-order valence-corrected chi connectivity index (χ2v) is 4.96. The number of carbonyl (C=O) groups excluding carboxylic acids is 1. The molecule has 1 aliphatic heterocycles. The number of rotatable bonds is 3. The summed E-state index contributed by atoms with van der Waals surface area (Å²) in [6.07, 6.45) is -3.41. The molecule has 0 radical (unpaired) electrons. The molecule has 0 bridgehead atoms. The molecule has 1 unspecified atom stereocenters. The maximum atomic E-state index is 12.5. The van der Waals surface area contributed by atoms with Crippen molar-refractivity contribution >= 4 is 11.9 Å². The summed E-state index contributed by atoms with van der Waals surface area (Å²) in [5.74, 6) is 0.135. The van der Waals surface area contributed by atoms with Gasteiger partial charge in [-0.25, -0.2) is 9.97 Å². The third kappa shape index (κ3) is 3.65. The lowest BCUT2D eigenvalue weighted by molar-refractivity contribution is -0.141. The van der Waals surface area contributed by atoms with Gasteiger partial charge in [0, 0.05) is 45.7 Å². The molecule has 2 rings (SSSR count). The van der Waals surface area contributed by atoms with Crippen LogP contribution >= 0.6 is 0 Å². The van der Waals surface area contributed by atoms with E-state index < -0.39 is 17.8 Å². The normalized spacial score (nSPS) is 17.5. The van der Waals surface area contributed by atoms with Crippen LogP contribution in [0, 0.1) is 0 Å². The number of nitrogens with zero attached hydrogens (tertiary/aromatic N) is 4. The van der Waals surface area contributed by atoms with Gasteiger partial charge >= 0.3 is 6.18 Å². The van der Waals surface area contributed by atoms with Gasteiger partial charge in [-0.15, -0.1) is 0 Å². The molecular weight excluding hydrogens is 301 g/mol. The summed E-state index contributed by atoms with van der Waals surface area (Å²) < 4.78 is 42.4. The van der Waals surface area contributed by atoms with Gasteiger partial charge in [-0.3, -0.25) is 4.79 Å². The Morgan fingerprint density at radius 2 is 1.77 bits per heavy atom. The van der Waals surface area contributed by atoms with Gasteiger partial charge in [-0.05, 0) is 6.92 Å². The molecule has 22 heavy (non-hydrogen) atoms. The molecule has 9 heteroatoms. The van der Waals surface area contributed by atoms with Gasteiger partial charge in [0.2, 0.25) is 5.95 Å². The van der Waals surface area contributed by atoms with E-state index in [9.17, 15) is 18.0 Å². The minimum atomic E-state index is -4.44. The average molecular weight is 318 g/mol. The third-order valence-electron chi connectivity index (χ3n) is 3.54. The van der Waals surface area contributed by atoms with Crippen LogP contribution in [0.15, 0.2) is 12.4 Å². The lowest BCUT2D eigenvalue weighted by Gasteiger charge is -2.35. The maximum absolute atomic E-state index is 12.5. The monoisotopic (exact) mass is 318 g/mol. The third-order valence-corrected chi connectivity index (χ3v) is 3.54. The van der Waals surface area contributed by atoms with Crippen molar-refractivity contribution in [3.05, 3.63) is 18.0 Å². The Morgan fingerprint density at radius 1 is 1.23 bits per heavy atom. The molecule has 1 aromatic rings. The molecule has 1 atom stereocenters. The van der Waals surface area contributed by atoms with Crippen molar-refractivity contribution in [3.8, 4) is 0 Å². The molecule has 1 saturated heterocycles. The number of aromatic nitrogens is 2. The van der Waals surface area contributed by atoms with Gasteiger partial charge in [0.15, 0.2) is 0 Å². The molecule has 1 fully saturated rings. The summed E-state index contributed by atoms with van der Waals surface area (Å²) in [5, 5.41) is 0. The first-order valence-corrected chi connectivity index (χ1v) is 6.78. The van der Waals surface area contributed by atoms with Crippen LogP contribution in [-0.4, -0.2) is 60.2 Å². The molecule has 2 heterocycles. The fourth-order valence-corrected chi connectivity index (χ4v) is 2.12. The van der Waals surface area contributed by atoms with Crippen LogP contribution in [0.4, 0.5) is 19.1 Å². The number of methoxy groups -OCH3 is 1. The molecule has 0 saturated carbocycles. The van der Waals surface area contributed by atoms with E-state index in [0.717, 1.165) is 12.4 Å². The van der Waals surface area contributed by atoms with Crippen molar-refractivity contribution in [1.29, 1.82) is 0 Å². The second-order valence-electron chi connectivity index (χ2n) is 4.96. The quantitative estimate of drug-likeness (QED) is 0.837. The molecular formula is C13H17F3N4O2. The minimum absolute atomic E-state index is 0.101. The Morgan fingerprint density at radius 3 is 2.23 bits per heavy atom. The first-order valence-electron chi connectivity index (χ1n) is 6.78. The Hall–Kier alpha value is -1.90. The number of carbonyl (C=O) groups is 1. The molecule has 1 aromatic heterocycles. The summed E-state index contributed by atoms with van der Waals surface area (Å²) in [5.41, 5.74) is -0.876. The predicted molar refractivity (Wildman–Crippen MR) is 72.3 cm³/mol. The fourth-order valence-electron chi connectivity index (χ4n) is 2.12. The van der Waals surface area contributed by atoms with Crippen LogP contribution in [0.3, 0.4) is 0 Å². The highest BCUT2D eigenvalue weighted by Crippen LogP contribution is 2.28. The van der Waals surface area contributed by atoms with Crippen LogP contribution in [0.25, 0.3) is 0 Å². The topological polar surface area (TPSA) is 58.6 Å². The van der Waals surface area contributed by atoms with Gasteiger partial charge < -0.3 is 14.5 Å². The van der Waals surface area contributed by atoms with E-state index in [2.05, 4.69) is 9.97 Å². The van der Waals surface area contributed by atoms with Crippen molar-refractivity contribution in [1.82, 2.24) is 14.9 Å². The first kappa shape index (κ1) is 16.5.